The smallest absolute Gasteiger partial charge is 0.418 e. The first-order valence-corrected chi connectivity index (χ1v) is 9.02. The van der Waals surface area contributed by atoms with Gasteiger partial charge in [0, 0.05) is 11.6 Å². The average molecular weight is 348 g/mol. The highest BCUT2D eigenvalue weighted by Crippen LogP contribution is 2.40. The number of carbonyl (C=O) groups is 1. The molecule has 0 atom stereocenters. The van der Waals surface area contributed by atoms with Crippen LogP contribution in [0.15, 0.2) is 46.1 Å². The Kier molecular flexibility index (Phi) is 3.92. The predicted octanol–water partition coefficient (Wildman–Crippen LogP) is 1.81. The fourth-order valence-electron chi connectivity index (χ4n) is 2.69. The first kappa shape index (κ1) is 16.3. The molecule has 1 heterocycles. The molecule has 0 saturated heterocycles. The third-order valence-corrected chi connectivity index (χ3v) is 5.66. The SMILES string of the molecule is Nc1cc(C2CC2)n(C(=O)O)c(=O)c1S(=O)(=O)Cc1ccccc1. The van der Waals surface area contributed by atoms with Gasteiger partial charge in [0.1, 0.15) is 0 Å². The van der Waals surface area contributed by atoms with Crippen LogP contribution in [0.2, 0.25) is 0 Å². The van der Waals surface area contributed by atoms with Gasteiger partial charge in [-0.2, -0.15) is 0 Å². The maximum atomic E-state index is 12.6. The molecule has 7 nitrogen and oxygen atoms in total. The Balaban J connectivity index is 2.15. The zero-order valence-electron chi connectivity index (χ0n) is 12.7. The second-order valence-corrected chi connectivity index (χ2v) is 7.72. The number of nitrogen functional groups attached to an aromatic ring is 1. The molecule has 1 fully saturated rings. The van der Waals surface area contributed by atoms with Gasteiger partial charge in [-0.05, 0) is 24.5 Å². The molecule has 0 amide bonds. The Morgan fingerprint density at radius 3 is 2.42 bits per heavy atom. The van der Waals surface area contributed by atoms with Crippen LogP contribution in [0.1, 0.15) is 30.0 Å². The van der Waals surface area contributed by atoms with Gasteiger partial charge < -0.3 is 10.8 Å². The van der Waals surface area contributed by atoms with Gasteiger partial charge in [0.2, 0.25) is 0 Å². The van der Waals surface area contributed by atoms with Crippen molar-refractivity contribution in [2.75, 3.05) is 5.73 Å². The second-order valence-electron chi connectivity index (χ2n) is 5.80. The van der Waals surface area contributed by atoms with Crippen LogP contribution in [0.25, 0.3) is 0 Å². The molecular weight excluding hydrogens is 332 g/mol. The number of hydrogen-bond donors (Lipinski definition) is 2. The summed E-state index contributed by atoms with van der Waals surface area (Å²) in [5, 5.41) is 9.32. The van der Waals surface area contributed by atoms with E-state index < -0.39 is 32.1 Å². The lowest BCUT2D eigenvalue weighted by molar-refractivity contribution is 0.194. The summed E-state index contributed by atoms with van der Waals surface area (Å²) >= 11 is 0. The van der Waals surface area contributed by atoms with E-state index in [4.69, 9.17) is 5.73 Å². The molecule has 2 aromatic rings. The minimum Gasteiger partial charge on any atom is -0.464 e. The first-order valence-electron chi connectivity index (χ1n) is 7.36. The summed E-state index contributed by atoms with van der Waals surface area (Å²) in [6.07, 6.45) is 0.00271. The summed E-state index contributed by atoms with van der Waals surface area (Å²) < 4.78 is 25.8. The number of nitrogens with two attached hydrogens (primary N) is 1. The largest absolute Gasteiger partial charge is 0.464 e. The molecule has 0 aliphatic heterocycles. The van der Waals surface area contributed by atoms with Gasteiger partial charge in [0.15, 0.2) is 14.7 Å². The summed E-state index contributed by atoms with van der Waals surface area (Å²) in [7, 11) is -4.07. The van der Waals surface area contributed by atoms with Crippen molar-refractivity contribution < 1.29 is 18.3 Å². The van der Waals surface area contributed by atoms with Gasteiger partial charge in [-0.15, -0.1) is 0 Å². The molecule has 1 aliphatic rings. The molecule has 1 aromatic heterocycles. The zero-order chi connectivity index (χ0) is 17.5. The van der Waals surface area contributed by atoms with Crippen LogP contribution in [0.4, 0.5) is 10.5 Å². The topological polar surface area (TPSA) is 119 Å². The number of rotatable bonds is 4. The van der Waals surface area contributed by atoms with E-state index in [1.165, 1.54) is 6.07 Å². The lowest BCUT2D eigenvalue weighted by Crippen LogP contribution is -2.34. The molecule has 1 aliphatic carbocycles. The van der Waals surface area contributed by atoms with E-state index >= 15 is 0 Å². The van der Waals surface area contributed by atoms with Crippen LogP contribution in [0.3, 0.4) is 0 Å². The lowest BCUT2D eigenvalue weighted by Gasteiger charge is -2.13. The molecule has 1 aromatic carbocycles. The Hall–Kier alpha value is -2.61. The number of sulfone groups is 1. The van der Waals surface area contributed by atoms with E-state index in [1.807, 2.05) is 0 Å². The molecule has 3 N–H and O–H groups in total. The minimum atomic E-state index is -4.07. The predicted molar refractivity (Wildman–Crippen MR) is 87.8 cm³/mol. The van der Waals surface area contributed by atoms with Crippen molar-refractivity contribution in [3.8, 4) is 0 Å². The fraction of sp³-hybridized carbons (Fsp3) is 0.250. The molecule has 0 spiro atoms. The highest BCUT2D eigenvalue weighted by molar-refractivity contribution is 7.90. The monoisotopic (exact) mass is 348 g/mol. The van der Waals surface area contributed by atoms with E-state index in [9.17, 15) is 23.1 Å². The summed E-state index contributed by atoms with van der Waals surface area (Å²) in [6.45, 7) is 0. The Labute approximate surface area is 138 Å². The number of anilines is 1. The summed E-state index contributed by atoms with van der Waals surface area (Å²) in [6, 6.07) is 9.63. The highest BCUT2D eigenvalue weighted by Gasteiger charge is 2.33. The van der Waals surface area contributed by atoms with Gasteiger partial charge in [-0.25, -0.2) is 17.8 Å². The fourth-order valence-corrected chi connectivity index (χ4v) is 4.24. The quantitative estimate of drug-likeness (QED) is 0.869. The minimum absolute atomic E-state index is 0.0676. The number of benzene rings is 1. The van der Waals surface area contributed by atoms with Crippen molar-refractivity contribution in [2.45, 2.75) is 29.4 Å². The second kappa shape index (κ2) is 5.79. The van der Waals surface area contributed by atoms with E-state index in [-0.39, 0.29) is 17.3 Å². The molecule has 24 heavy (non-hydrogen) atoms. The molecule has 3 rings (SSSR count). The molecule has 8 heteroatoms. The van der Waals surface area contributed by atoms with Crippen LogP contribution < -0.4 is 11.3 Å². The summed E-state index contributed by atoms with van der Waals surface area (Å²) in [5.74, 6) is -0.489. The van der Waals surface area contributed by atoms with E-state index in [0.717, 1.165) is 12.8 Å². The molecule has 1 saturated carbocycles. The molecule has 0 radical (unpaired) electrons. The third-order valence-electron chi connectivity index (χ3n) is 3.92. The van der Waals surface area contributed by atoms with E-state index in [1.54, 1.807) is 30.3 Å². The Morgan fingerprint density at radius 1 is 1.25 bits per heavy atom. The Bertz CT molecular complexity index is 960. The lowest BCUT2D eigenvalue weighted by atomic mass is 10.2. The molecular formula is C16H16N2O5S. The van der Waals surface area contributed by atoms with Crippen molar-refractivity contribution in [1.82, 2.24) is 4.57 Å². The molecule has 0 bridgehead atoms. The van der Waals surface area contributed by atoms with Gasteiger partial charge in [-0.1, -0.05) is 30.3 Å². The molecule has 126 valence electrons. The van der Waals surface area contributed by atoms with E-state index in [2.05, 4.69) is 0 Å². The van der Waals surface area contributed by atoms with Crippen LogP contribution in [-0.2, 0) is 15.6 Å². The highest BCUT2D eigenvalue weighted by atomic mass is 32.2. The maximum Gasteiger partial charge on any atom is 0.418 e. The van der Waals surface area contributed by atoms with Gasteiger partial charge >= 0.3 is 6.09 Å². The number of pyridine rings is 1. The van der Waals surface area contributed by atoms with Crippen molar-refractivity contribution in [1.29, 1.82) is 0 Å². The zero-order valence-corrected chi connectivity index (χ0v) is 13.5. The van der Waals surface area contributed by atoms with Crippen molar-refractivity contribution in [2.24, 2.45) is 0 Å². The Morgan fingerprint density at radius 2 is 1.88 bits per heavy atom. The van der Waals surface area contributed by atoms with Crippen LogP contribution in [0, 0.1) is 0 Å². The summed E-state index contributed by atoms with van der Waals surface area (Å²) in [5.41, 5.74) is 5.26. The van der Waals surface area contributed by atoms with Crippen LogP contribution in [0.5, 0.6) is 0 Å². The van der Waals surface area contributed by atoms with E-state index in [0.29, 0.717) is 10.1 Å². The standard InChI is InChI=1S/C16H16N2O5S/c17-12-8-13(11-6-7-11)18(16(20)21)15(19)14(12)24(22,23)9-10-4-2-1-3-5-10/h1-5,8,11H,6-7,9,17H2,(H,20,21). The number of nitrogens with zero attached hydrogens (tertiary/aromatic N) is 1. The number of carboxylic acid groups (broad SMARTS) is 1. The number of hydrogen-bond acceptors (Lipinski definition) is 5. The van der Waals surface area contributed by atoms with Gasteiger partial charge in [0.25, 0.3) is 5.56 Å². The third kappa shape index (κ3) is 2.92. The van der Waals surface area contributed by atoms with Crippen LogP contribution in [-0.4, -0.2) is 24.2 Å². The van der Waals surface area contributed by atoms with Crippen molar-refractivity contribution in [3.05, 3.63) is 58.0 Å². The van der Waals surface area contributed by atoms with Crippen molar-refractivity contribution in [3.63, 3.8) is 0 Å². The molecule has 0 unspecified atom stereocenters. The maximum absolute atomic E-state index is 12.6. The summed E-state index contributed by atoms with van der Waals surface area (Å²) in [4.78, 5) is 23.3. The van der Waals surface area contributed by atoms with Crippen molar-refractivity contribution >= 4 is 21.6 Å². The van der Waals surface area contributed by atoms with Crippen LogP contribution >= 0.6 is 0 Å². The first-order chi connectivity index (χ1) is 11.3. The number of aromatic nitrogens is 1. The normalized spacial score (nSPS) is 14.5. The average Bonchev–Trinajstić information content (AvgIpc) is 3.30. The van der Waals surface area contributed by atoms with Gasteiger partial charge in [0.05, 0.1) is 11.4 Å². The van der Waals surface area contributed by atoms with Gasteiger partial charge in [-0.3, -0.25) is 4.79 Å².